The molecule has 0 aliphatic carbocycles. The third-order valence-corrected chi connectivity index (χ3v) is 4.69. The summed E-state index contributed by atoms with van der Waals surface area (Å²) < 4.78 is 2.06. The van der Waals surface area contributed by atoms with E-state index in [4.69, 9.17) is 0 Å². The van der Waals surface area contributed by atoms with E-state index in [1.54, 1.807) is 6.92 Å². The van der Waals surface area contributed by atoms with E-state index in [1.807, 2.05) is 31.2 Å². The molecule has 0 bridgehead atoms. The number of fused-ring (bicyclic) bond motifs is 1. The molecule has 2 aromatic rings. The normalized spacial score (nSPS) is 11.1. The van der Waals surface area contributed by atoms with E-state index in [2.05, 4.69) is 11.5 Å². The minimum Gasteiger partial charge on any atom is -0.337 e. The van der Waals surface area contributed by atoms with Gasteiger partial charge < -0.3 is 4.57 Å². The van der Waals surface area contributed by atoms with E-state index in [9.17, 15) is 9.59 Å². The predicted octanol–water partition coefficient (Wildman–Crippen LogP) is 4.80. The Morgan fingerprint density at radius 3 is 2.42 bits per heavy atom. The number of carbonyl (C=O) groups excluding carboxylic acids is 1. The summed E-state index contributed by atoms with van der Waals surface area (Å²) in [6.07, 6.45) is 8.20. The summed E-state index contributed by atoms with van der Waals surface area (Å²) in [5, 5.41) is 0.711. The number of pyridine rings is 1. The van der Waals surface area contributed by atoms with Crippen LogP contribution in [-0.2, 0) is 17.8 Å². The number of hydrogen-bond donors (Lipinski definition) is 0. The maximum absolute atomic E-state index is 12.7. The molecule has 1 aromatic heterocycles. The predicted molar refractivity (Wildman–Crippen MR) is 101 cm³/mol. The summed E-state index contributed by atoms with van der Waals surface area (Å²) in [4.78, 5) is 24.4. The zero-order valence-corrected chi connectivity index (χ0v) is 15.2. The number of benzene rings is 1. The standard InChI is InChI=1S/C21H29NO2/c1-4-5-6-7-8-9-13-19-17(3)21(24)18-12-10-11-14-20(18)22(19)15-16(2)23/h10-12,14H,4-9,13,15H2,1-3H3. The van der Waals surface area contributed by atoms with E-state index in [0.717, 1.165) is 29.6 Å². The van der Waals surface area contributed by atoms with Crippen molar-refractivity contribution in [3.05, 3.63) is 45.7 Å². The van der Waals surface area contributed by atoms with Crippen LogP contribution in [0.25, 0.3) is 10.9 Å². The van der Waals surface area contributed by atoms with Crippen LogP contribution >= 0.6 is 0 Å². The van der Waals surface area contributed by atoms with E-state index in [1.165, 1.54) is 32.1 Å². The average Bonchev–Trinajstić information content (AvgIpc) is 2.57. The Morgan fingerprint density at radius 1 is 1.04 bits per heavy atom. The van der Waals surface area contributed by atoms with Crippen molar-refractivity contribution in [2.75, 3.05) is 0 Å². The van der Waals surface area contributed by atoms with Crippen LogP contribution in [0.2, 0.25) is 0 Å². The van der Waals surface area contributed by atoms with Crippen molar-refractivity contribution in [2.24, 2.45) is 0 Å². The Morgan fingerprint density at radius 2 is 1.71 bits per heavy atom. The van der Waals surface area contributed by atoms with Gasteiger partial charge in [0.15, 0.2) is 5.43 Å². The lowest BCUT2D eigenvalue weighted by Gasteiger charge is -2.18. The first-order chi connectivity index (χ1) is 11.6. The highest BCUT2D eigenvalue weighted by atomic mass is 16.1. The molecule has 3 heteroatoms. The number of carbonyl (C=O) groups is 1. The molecule has 0 unspecified atom stereocenters. The molecule has 0 spiro atoms. The van der Waals surface area contributed by atoms with Gasteiger partial charge in [0.05, 0.1) is 12.1 Å². The van der Waals surface area contributed by atoms with Crippen LogP contribution in [0, 0.1) is 6.92 Å². The lowest BCUT2D eigenvalue weighted by Crippen LogP contribution is -2.21. The van der Waals surface area contributed by atoms with Gasteiger partial charge in [-0.05, 0) is 38.8 Å². The van der Waals surface area contributed by atoms with Gasteiger partial charge in [0.25, 0.3) is 0 Å². The molecular weight excluding hydrogens is 298 g/mol. The quantitative estimate of drug-likeness (QED) is 0.620. The summed E-state index contributed by atoms with van der Waals surface area (Å²) in [7, 11) is 0. The minimum absolute atomic E-state index is 0.103. The topological polar surface area (TPSA) is 39.1 Å². The number of ketones is 1. The first-order valence-corrected chi connectivity index (χ1v) is 9.16. The smallest absolute Gasteiger partial charge is 0.192 e. The molecule has 3 nitrogen and oxygen atoms in total. The Kier molecular flexibility index (Phi) is 6.77. The van der Waals surface area contributed by atoms with Gasteiger partial charge in [-0.1, -0.05) is 51.2 Å². The van der Waals surface area contributed by atoms with Crippen molar-refractivity contribution >= 4 is 16.7 Å². The Balaban J connectivity index is 2.31. The Labute approximate surface area is 144 Å². The third-order valence-electron chi connectivity index (χ3n) is 4.69. The lowest BCUT2D eigenvalue weighted by atomic mass is 10.0. The molecule has 0 radical (unpaired) electrons. The Hall–Kier alpha value is -1.90. The number of nitrogens with zero attached hydrogens (tertiary/aromatic N) is 1. The number of hydrogen-bond acceptors (Lipinski definition) is 2. The molecule has 1 heterocycles. The molecule has 0 atom stereocenters. The highest BCUT2D eigenvalue weighted by Crippen LogP contribution is 2.19. The van der Waals surface area contributed by atoms with Gasteiger partial charge in [0.1, 0.15) is 5.78 Å². The maximum atomic E-state index is 12.7. The van der Waals surface area contributed by atoms with Crippen LogP contribution < -0.4 is 5.43 Å². The SMILES string of the molecule is CCCCCCCCc1c(C)c(=O)c2ccccc2n1CC(C)=O. The fourth-order valence-electron chi connectivity index (χ4n) is 3.38. The number of para-hydroxylation sites is 1. The van der Waals surface area contributed by atoms with Crippen LogP contribution in [0.15, 0.2) is 29.1 Å². The van der Waals surface area contributed by atoms with Gasteiger partial charge in [-0.3, -0.25) is 9.59 Å². The second-order valence-corrected chi connectivity index (χ2v) is 6.72. The maximum Gasteiger partial charge on any atom is 0.192 e. The van der Waals surface area contributed by atoms with Crippen molar-refractivity contribution in [1.29, 1.82) is 0 Å². The molecule has 0 aliphatic heterocycles. The molecule has 0 saturated carbocycles. The van der Waals surface area contributed by atoms with E-state index < -0.39 is 0 Å². The zero-order chi connectivity index (χ0) is 17.5. The lowest BCUT2D eigenvalue weighted by molar-refractivity contribution is -0.117. The molecule has 2 rings (SSSR count). The van der Waals surface area contributed by atoms with Crippen LogP contribution in [0.1, 0.15) is 63.6 Å². The van der Waals surface area contributed by atoms with Crippen molar-refractivity contribution in [1.82, 2.24) is 4.57 Å². The largest absolute Gasteiger partial charge is 0.337 e. The molecule has 0 saturated heterocycles. The minimum atomic E-state index is 0.103. The molecule has 0 fully saturated rings. The first-order valence-electron chi connectivity index (χ1n) is 9.16. The fourth-order valence-corrected chi connectivity index (χ4v) is 3.38. The number of rotatable bonds is 9. The third kappa shape index (κ3) is 4.34. The molecule has 130 valence electrons. The number of Topliss-reactive ketones (excluding diaryl/α,β-unsaturated/α-hetero) is 1. The van der Waals surface area contributed by atoms with Crippen LogP contribution in [0.5, 0.6) is 0 Å². The monoisotopic (exact) mass is 327 g/mol. The molecule has 24 heavy (non-hydrogen) atoms. The van der Waals surface area contributed by atoms with Crippen LogP contribution in [-0.4, -0.2) is 10.4 Å². The molecule has 0 aliphatic rings. The molecule has 1 aromatic carbocycles. The van der Waals surface area contributed by atoms with Gasteiger partial charge in [-0.25, -0.2) is 0 Å². The molecular formula is C21H29NO2. The van der Waals surface area contributed by atoms with E-state index in [-0.39, 0.29) is 11.2 Å². The van der Waals surface area contributed by atoms with E-state index >= 15 is 0 Å². The summed E-state index contributed by atoms with van der Waals surface area (Å²) in [6, 6.07) is 7.62. The zero-order valence-electron chi connectivity index (χ0n) is 15.2. The van der Waals surface area contributed by atoms with Crippen LogP contribution in [0.4, 0.5) is 0 Å². The van der Waals surface area contributed by atoms with Crippen molar-refractivity contribution in [2.45, 2.75) is 72.3 Å². The van der Waals surface area contributed by atoms with Gasteiger partial charge >= 0.3 is 0 Å². The summed E-state index contributed by atoms with van der Waals surface area (Å²) in [5.41, 5.74) is 2.81. The fraction of sp³-hybridized carbons (Fsp3) is 0.524. The first kappa shape index (κ1) is 18.4. The van der Waals surface area contributed by atoms with Gasteiger partial charge in [-0.15, -0.1) is 0 Å². The molecule has 0 N–H and O–H groups in total. The summed E-state index contributed by atoms with van der Waals surface area (Å²) >= 11 is 0. The van der Waals surface area contributed by atoms with Gasteiger partial charge in [0, 0.05) is 16.6 Å². The second kappa shape index (κ2) is 8.81. The van der Waals surface area contributed by atoms with Gasteiger partial charge in [0.2, 0.25) is 0 Å². The second-order valence-electron chi connectivity index (χ2n) is 6.72. The average molecular weight is 327 g/mol. The van der Waals surface area contributed by atoms with Crippen molar-refractivity contribution < 1.29 is 4.79 Å². The Bertz CT molecular complexity index is 758. The summed E-state index contributed by atoms with van der Waals surface area (Å²) in [5.74, 6) is 0.118. The molecule has 0 amide bonds. The van der Waals surface area contributed by atoms with Crippen molar-refractivity contribution in [3.8, 4) is 0 Å². The van der Waals surface area contributed by atoms with E-state index in [0.29, 0.717) is 11.9 Å². The highest BCUT2D eigenvalue weighted by molar-refractivity contribution is 5.83. The van der Waals surface area contributed by atoms with Gasteiger partial charge in [-0.2, -0.15) is 0 Å². The van der Waals surface area contributed by atoms with Crippen LogP contribution in [0.3, 0.4) is 0 Å². The van der Waals surface area contributed by atoms with Crippen molar-refractivity contribution in [3.63, 3.8) is 0 Å². The highest BCUT2D eigenvalue weighted by Gasteiger charge is 2.14. The number of unbranched alkanes of at least 4 members (excludes halogenated alkanes) is 5. The number of aromatic nitrogens is 1. The summed E-state index contributed by atoms with van der Waals surface area (Å²) in [6.45, 7) is 6.07.